The maximum Gasteiger partial charge on any atom is 0.194 e. The highest BCUT2D eigenvalue weighted by Crippen LogP contribution is 2.39. The number of fused-ring (bicyclic) bond motifs is 1. The molecular formula is C29H35F3N2O3. The average Bonchev–Trinajstić information content (AvgIpc) is 2.90. The highest BCUT2D eigenvalue weighted by atomic mass is 19.2. The monoisotopic (exact) mass is 516 g/mol. The van der Waals surface area contributed by atoms with Crippen LogP contribution in [0.25, 0.3) is 10.9 Å². The summed E-state index contributed by atoms with van der Waals surface area (Å²) in [5.74, 6) is -3.03. The zero-order valence-corrected chi connectivity index (χ0v) is 21.4. The number of benzene rings is 2. The molecule has 5 nitrogen and oxygen atoms in total. The third-order valence-corrected chi connectivity index (χ3v) is 7.83. The average molecular weight is 517 g/mol. The number of hydrogen-bond donors (Lipinski definition) is 2. The zero-order chi connectivity index (χ0) is 26.6. The van der Waals surface area contributed by atoms with Crippen molar-refractivity contribution in [1.82, 2.24) is 9.88 Å². The zero-order valence-electron chi connectivity index (χ0n) is 21.4. The van der Waals surface area contributed by atoms with E-state index in [1.807, 2.05) is 25.1 Å². The number of likely N-dealkylation sites (tertiary alicyclic amines) is 1. The molecule has 37 heavy (non-hydrogen) atoms. The molecule has 4 rings (SSSR count). The molecule has 0 radical (unpaired) electrons. The van der Waals surface area contributed by atoms with E-state index in [0.717, 1.165) is 66.6 Å². The first-order chi connectivity index (χ1) is 17.7. The Bertz CT molecular complexity index is 1210. The van der Waals surface area contributed by atoms with Crippen LogP contribution in [0.15, 0.2) is 36.5 Å². The van der Waals surface area contributed by atoms with Crippen molar-refractivity contribution in [2.24, 2.45) is 5.41 Å². The van der Waals surface area contributed by atoms with E-state index in [2.05, 4.69) is 9.88 Å². The van der Waals surface area contributed by atoms with E-state index < -0.39 is 23.6 Å². The van der Waals surface area contributed by atoms with Gasteiger partial charge in [-0.3, -0.25) is 4.98 Å². The van der Waals surface area contributed by atoms with Gasteiger partial charge in [0.2, 0.25) is 0 Å². The van der Waals surface area contributed by atoms with Crippen molar-refractivity contribution in [2.45, 2.75) is 51.6 Å². The number of nitrogens with zero attached hydrogens (tertiary/aromatic N) is 2. The van der Waals surface area contributed by atoms with Crippen LogP contribution in [0.2, 0.25) is 0 Å². The summed E-state index contributed by atoms with van der Waals surface area (Å²) in [6.07, 6.45) is 5.09. The van der Waals surface area contributed by atoms with Crippen molar-refractivity contribution in [3.05, 3.63) is 70.7 Å². The molecule has 0 aliphatic carbocycles. The van der Waals surface area contributed by atoms with Crippen molar-refractivity contribution < 1.29 is 28.1 Å². The predicted octanol–water partition coefficient (Wildman–Crippen LogP) is 5.49. The Labute approximate surface area is 215 Å². The molecule has 1 atom stereocenters. The smallest absolute Gasteiger partial charge is 0.194 e. The quantitative estimate of drug-likeness (QED) is 0.349. The Hall–Kier alpha value is -2.68. The van der Waals surface area contributed by atoms with Gasteiger partial charge in [0.05, 0.1) is 18.7 Å². The molecule has 2 aromatic carbocycles. The van der Waals surface area contributed by atoms with E-state index in [1.54, 1.807) is 13.3 Å². The summed E-state index contributed by atoms with van der Waals surface area (Å²) >= 11 is 0. The lowest BCUT2D eigenvalue weighted by Crippen LogP contribution is -2.42. The van der Waals surface area contributed by atoms with Crippen LogP contribution in [0, 0.1) is 29.8 Å². The second-order valence-electron chi connectivity index (χ2n) is 10.3. The molecule has 1 aliphatic heterocycles. The third-order valence-electron chi connectivity index (χ3n) is 7.83. The first-order valence-corrected chi connectivity index (χ1v) is 12.8. The summed E-state index contributed by atoms with van der Waals surface area (Å²) in [5, 5.41) is 22.4. The molecule has 1 aromatic heterocycles. The van der Waals surface area contributed by atoms with Crippen LogP contribution in [-0.4, -0.2) is 53.4 Å². The number of hydrogen-bond acceptors (Lipinski definition) is 5. The van der Waals surface area contributed by atoms with Gasteiger partial charge in [-0.05, 0) is 118 Å². The van der Waals surface area contributed by atoms with Gasteiger partial charge in [0.1, 0.15) is 5.75 Å². The standard InChI is InChI=1S/C29H35F3N2O3/c1-19-17-33-25-6-5-21(37-2)16-22(25)27(19)26(36)7-8-29(18-35)9-12-34(13-10-29)11-3-4-20-14-23(30)28(32)24(31)15-20/h5-6,14-17,26,35-36H,3-4,7-13,18H2,1-2H3. The summed E-state index contributed by atoms with van der Waals surface area (Å²) in [5.41, 5.74) is 2.76. The molecule has 1 fully saturated rings. The highest BCUT2D eigenvalue weighted by molar-refractivity contribution is 5.84. The summed E-state index contributed by atoms with van der Waals surface area (Å²) < 4.78 is 45.4. The fourth-order valence-electron chi connectivity index (χ4n) is 5.45. The van der Waals surface area contributed by atoms with Crippen LogP contribution < -0.4 is 4.74 Å². The maximum absolute atomic E-state index is 13.4. The number of piperidine rings is 1. The Kier molecular flexibility index (Phi) is 8.72. The second kappa shape index (κ2) is 11.8. The second-order valence-corrected chi connectivity index (χ2v) is 10.3. The molecule has 0 spiro atoms. The van der Waals surface area contributed by atoms with Crippen molar-refractivity contribution in [2.75, 3.05) is 33.4 Å². The summed E-state index contributed by atoms with van der Waals surface area (Å²) in [7, 11) is 1.61. The van der Waals surface area contributed by atoms with Crippen LogP contribution in [0.5, 0.6) is 5.75 Å². The minimum Gasteiger partial charge on any atom is -0.497 e. The van der Waals surface area contributed by atoms with Crippen LogP contribution in [0.3, 0.4) is 0 Å². The predicted molar refractivity (Wildman–Crippen MR) is 137 cm³/mol. The molecule has 0 saturated carbocycles. The fraction of sp³-hybridized carbons (Fsp3) is 0.483. The Morgan fingerprint density at radius 2 is 1.81 bits per heavy atom. The van der Waals surface area contributed by atoms with Gasteiger partial charge >= 0.3 is 0 Å². The number of methoxy groups -OCH3 is 1. The normalized spacial score (nSPS) is 16.7. The summed E-state index contributed by atoms with van der Waals surface area (Å²) in [4.78, 5) is 6.76. The van der Waals surface area contributed by atoms with Crippen LogP contribution in [-0.2, 0) is 6.42 Å². The molecule has 0 bridgehead atoms. The van der Waals surface area contributed by atoms with Gasteiger partial charge in [-0.1, -0.05) is 0 Å². The number of pyridine rings is 1. The van der Waals surface area contributed by atoms with E-state index in [0.29, 0.717) is 37.0 Å². The molecule has 8 heteroatoms. The molecule has 2 heterocycles. The van der Waals surface area contributed by atoms with E-state index in [9.17, 15) is 23.4 Å². The molecule has 1 aliphatic rings. The van der Waals surface area contributed by atoms with Crippen LogP contribution in [0.1, 0.15) is 54.9 Å². The number of aliphatic hydroxyl groups excluding tert-OH is 2. The van der Waals surface area contributed by atoms with Crippen molar-refractivity contribution in [1.29, 1.82) is 0 Å². The lowest BCUT2D eigenvalue weighted by molar-refractivity contribution is 0.0234. The van der Waals surface area contributed by atoms with Gasteiger partial charge in [-0.25, -0.2) is 13.2 Å². The van der Waals surface area contributed by atoms with Crippen LogP contribution in [0.4, 0.5) is 13.2 Å². The van der Waals surface area contributed by atoms with Crippen molar-refractivity contribution >= 4 is 10.9 Å². The van der Waals surface area contributed by atoms with Crippen molar-refractivity contribution in [3.63, 3.8) is 0 Å². The molecule has 0 amide bonds. The lowest BCUT2D eigenvalue weighted by Gasteiger charge is -2.41. The largest absolute Gasteiger partial charge is 0.497 e. The molecule has 200 valence electrons. The van der Waals surface area contributed by atoms with Crippen molar-refractivity contribution in [3.8, 4) is 5.75 Å². The maximum atomic E-state index is 13.4. The third kappa shape index (κ3) is 6.25. The number of aryl methyl sites for hydroxylation is 2. The molecule has 1 unspecified atom stereocenters. The number of aromatic nitrogens is 1. The Balaban J connectivity index is 1.32. The number of aliphatic hydroxyl groups is 2. The highest BCUT2D eigenvalue weighted by Gasteiger charge is 2.34. The molecule has 1 saturated heterocycles. The summed E-state index contributed by atoms with van der Waals surface area (Å²) in [6.45, 7) is 4.37. The van der Waals surface area contributed by atoms with Gasteiger partial charge in [-0.2, -0.15) is 0 Å². The van der Waals surface area contributed by atoms with Gasteiger partial charge in [0.15, 0.2) is 17.5 Å². The van der Waals surface area contributed by atoms with Gasteiger partial charge in [0, 0.05) is 18.2 Å². The fourth-order valence-corrected chi connectivity index (χ4v) is 5.45. The molecule has 3 aromatic rings. The Morgan fingerprint density at radius 1 is 1.11 bits per heavy atom. The number of ether oxygens (including phenoxy) is 1. The topological polar surface area (TPSA) is 65.8 Å². The molecular weight excluding hydrogens is 481 g/mol. The first-order valence-electron chi connectivity index (χ1n) is 12.8. The van der Waals surface area contributed by atoms with E-state index in [-0.39, 0.29) is 12.0 Å². The van der Waals surface area contributed by atoms with Gasteiger partial charge in [-0.15, -0.1) is 0 Å². The lowest BCUT2D eigenvalue weighted by atomic mass is 9.74. The first kappa shape index (κ1) is 27.4. The Morgan fingerprint density at radius 3 is 2.46 bits per heavy atom. The molecule has 2 N–H and O–H groups in total. The minimum absolute atomic E-state index is 0.0611. The summed E-state index contributed by atoms with van der Waals surface area (Å²) in [6, 6.07) is 7.76. The number of rotatable bonds is 10. The number of halogens is 3. The van der Waals surface area contributed by atoms with E-state index in [1.165, 1.54) is 0 Å². The van der Waals surface area contributed by atoms with Crippen LogP contribution >= 0.6 is 0 Å². The van der Waals surface area contributed by atoms with Gasteiger partial charge in [0.25, 0.3) is 0 Å². The SMILES string of the molecule is COc1ccc2ncc(C)c(C(O)CCC3(CO)CCN(CCCc4cc(F)c(F)c(F)c4)CC3)c2c1. The van der Waals surface area contributed by atoms with E-state index >= 15 is 0 Å². The minimum atomic E-state index is -1.43. The van der Waals surface area contributed by atoms with E-state index in [4.69, 9.17) is 4.74 Å². The van der Waals surface area contributed by atoms with Gasteiger partial charge < -0.3 is 19.8 Å².